The number of carbonyl (C=O) groups is 2. The number of anilines is 2. The molecule has 2 N–H and O–H groups in total. The number of hydrogen-bond donors (Lipinski definition) is 2. The van der Waals surface area contributed by atoms with Crippen molar-refractivity contribution in [3.05, 3.63) is 24.3 Å². The van der Waals surface area contributed by atoms with Gasteiger partial charge in [0.25, 0.3) is 0 Å². The van der Waals surface area contributed by atoms with Gasteiger partial charge in [-0.1, -0.05) is 0 Å². The molecule has 0 aliphatic carbocycles. The maximum absolute atomic E-state index is 11.9. The van der Waals surface area contributed by atoms with Crippen LogP contribution >= 0.6 is 0 Å². The Morgan fingerprint density at radius 3 is 2.43 bits per heavy atom. The lowest BCUT2D eigenvalue weighted by atomic mass is 10.2. The SMILES string of the molecule is CN(CCC(=O)O)C(=O)Nc1ccc(N2CCCC2)cc1. The van der Waals surface area contributed by atoms with E-state index >= 15 is 0 Å². The van der Waals surface area contributed by atoms with E-state index in [-0.39, 0.29) is 19.0 Å². The minimum absolute atomic E-state index is 0.0577. The third kappa shape index (κ3) is 4.37. The van der Waals surface area contributed by atoms with Crippen LogP contribution in [0.5, 0.6) is 0 Å². The Kier molecular flexibility index (Phi) is 5.03. The molecule has 1 aromatic rings. The molecule has 0 spiro atoms. The summed E-state index contributed by atoms with van der Waals surface area (Å²) in [6.45, 7) is 2.36. The number of hydrogen-bond acceptors (Lipinski definition) is 3. The van der Waals surface area contributed by atoms with Crippen LogP contribution in [0.2, 0.25) is 0 Å². The highest BCUT2D eigenvalue weighted by molar-refractivity contribution is 5.89. The van der Waals surface area contributed by atoms with Crippen molar-refractivity contribution in [1.82, 2.24) is 4.90 Å². The predicted molar refractivity (Wildman–Crippen MR) is 81.8 cm³/mol. The van der Waals surface area contributed by atoms with Gasteiger partial charge in [-0.3, -0.25) is 4.79 Å². The molecule has 0 radical (unpaired) electrons. The summed E-state index contributed by atoms with van der Waals surface area (Å²) in [7, 11) is 1.58. The molecular formula is C15H21N3O3. The smallest absolute Gasteiger partial charge is 0.321 e. The van der Waals surface area contributed by atoms with E-state index < -0.39 is 5.97 Å². The topological polar surface area (TPSA) is 72.9 Å². The second kappa shape index (κ2) is 6.97. The van der Waals surface area contributed by atoms with Crippen molar-refractivity contribution in [1.29, 1.82) is 0 Å². The molecule has 114 valence electrons. The number of aliphatic carboxylic acids is 1. The van der Waals surface area contributed by atoms with Gasteiger partial charge in [-0.2, -0.15) is 0 Å². The first-order chi connectivity index (χ1) is 10.1. The Hall–Kier alpha value is -2.24. The average Bonchev–Trinajstić information content (AvgIpc) is 2.99. The molecule has 0 atom stereocenters. The van der Waals surface area contributed by atoms with Gasteiger partial charge in [0.05, 0.1) is 6.42 Å². The Labute approximate surface area is 124 Å². The van der Waals surface area contributed by atoms with E-state index in [2.05, 4.69) is 10.2 Å². The summed E-state index contributed by atoms with van der Waals surface area (Å²) in [6.07, 6.45) is 2.40. The van der Waals surface area contributed by atoms with Crippen LogP contribution in [0.1, 0.15) is 19.3 Å². The van der Waals surface area contributed by atoms with Crippen LogP contribution in [0.15, 0.2) is 24.3 Å². The number of carboxylic acid groups (broad SMARTS) is 1. The summed E-state index contributed by atoms with van der Waals surface area (Å²) in [6, 6.07) is 7.44. The maximum Gasteiger partial charge on any atom is 0.321 e. The van der Waals surface area contributed by atoms with E-state index in [9.17, 15) is 9.59 Å². The number of carbonyl (C=O) groups excluding carboxylic acids is 1. The van der Waals surface area contributed by atoms with E-state index in [4.69, 9.17) is 5.11 Å². The molecule has 0 saturated carbocycles. The van der Waals surface area contributed by atoms with Crippen LogP contribution in [0, 0.1) is 0 Å². The Balaban J connectivity index is 1.87. The van der Waals surface area contributed by atoms with Crippen molar-refractivity contribution in [3.8, 4) is 0 Å². The first-order valence-corrected chi connectivity index (χ1v) is 7.15. The standard InChI is InChI=1S/C15H21N3O3/c1-17(11-8-14(19)20)15(21)16-12-4-6-13(7-5-12)18-9-2-3-10-18/h4-7H,2-3,8-11H2,1H3,(H,16,21)(H,19,20). The summed E-state index contributed by atoms with van der Waals surface area (Å²) >= 11 is 0. The monoisotopic (exact) mass is 291 g/mol. The van der Waals surface area contributed by atoms with Crippen molar-refractivity contribution in [2.24, 2.45) is 0 Å². The average molecular weight is 291 g/mol. The highest BCUT2D eigenvalue weighted by Crippen LogP contribution is 2.22. The normalized spacial score (nSPS) is 14.0. The Bertz CT molecular complexity index is 495. The molecule has 0 aromatic heterocycles. The third-order valence-corrected chi connectivity index (χ3v) is 3.60. The number of nitrogens with one attached hydrogen (secondary N) is 1. The molecule has 0 bridgehead atoms. The molecule has 1 heterocycles. The minimum Gasteiger partial charge on any atom is -0.481 e. The fourth-order valence-electron chi connectivity index (χ4n) is 2.31. The zero-order chi connectivity index (χ0) is 15.2. The van der Waals surface area contributed by atoms with Crippen LogP contribution in [0.4, 0.5) is 16.2 Å². The number of amides is 2. The highest BCUT2D eigenvalue weighted by atomic mass is 16.4. The minimum atomic E-state index is -0.912. The van der Waals surface area contributed by atoms with Gasteiger partial charge < -0.3 is 20.2 Å². The van der Waals surface area contributed by atoms with E-state index in [0.29, 0.717) is 5.69 Å². The number of urea groups is 1. The van der Waals surface area contributed by atoms with Gasteiger partial charge in [0.1, 0.15) is 0 Å². The molecule has 1 aromatic carbocycles. The van der Waals surface area contributed by atoms with Gasteiger partial charge in [-0.05, 0) is 37.1 Å². The maximum atomic E-state index is 11.9. The van der Waals surface area contributed by atoms with Gasteiger partial charge in [0, 0.05) is 38.1 Å². The molecule has 1 aliphatic heterocycles. The second-order valence-corrected chi connectivity index (χ2v) is 5.24. The quantitative estimate of drug-likeness (QED) is 0.872. The van der Waals surface area contributed by atoms with Crippen LogP contribution in [-0.4, -0.2) is 48.7 Å². The van der Waals surface area contributed by atoms with Crippen molar-refractivity contribution in [2.75, 3.05) is 36.9 Å². The fourth-order valence-corrected chi connectivity index (χ4v) is 2.31. The molecule has 6 nitrogen and oxygen atoms in total. The highest BCUT2D eigenvalue weighted by Gasteiger charge is 2.13. The van der Waals surface area contributed by atoms with E-state index in [1.165, 1.54) is 23.4 Å². The number of carboxylic acids is 1. The van der Waals surface area contributed by atoms with E-state index in [1.54, 1.807) is 7.05 Å². The first-order valence-electron chi connectivity index (χ1n) is 7.15. The van der Waals surface area contributed by atoms with Gasteiger partial charge in [0.15, 0.2) is 0 Å². The molecule has 2 amide bonds. The molecule has 1 aliphatic rings. The number of nitrogens with zero attached hydrogens (tertiary/aromatic N) is 2. The van der Waals surface area contributed by atoms with Crippen LogP contribution in [0.3, 0.4) is 0 Å². The zero-order valence-electron chi connectivity index (χ0n) is 12.2. The van der Waals surface area contributed by atoms with Crippen molar-refractivity contribution >= 4 is 23.4 Å². The van der Waals surface area contributed by atoms with Crippen molar-refractivity contribution in [2.45, 2.75) is 19.3 Å². The summed E-state index contributed by atoms with van der Waals surface area (Å²) in [5.74, 6) is -0.912. The summed E-state index contributed by atoms with van der Waals surface area (Å²) < 4.78 is 0. The molecule has 1 fully saturated rings. The van der Waals surface area contributed by atoms with Crippen LogP contribution in [0.25, 0.3) is 0 Å². The zero-order valence-corrected chi connectivity index (χ0v) is 12.2. The van der Waals surface area contributed by atoms with Gasteiger partial charge >= 0.3 is 12.0 Å². The number of benzene rings is 1. The first kappa shape index (κ1) is 15.2. The third-order valence-electron chi connectivity index (χ3n) is 3.60. The second-order valence-electron chi connectivity index (χ2n) is 5.24. The predicted octanol–water partition coefficient (Wildman–Crippen LogP) is 2.23. The van der Waals surface area contributed by atoms with E-state index in [0.717, 1.165) is 13.1 Å². The van der Waals surface area contributed by atoms with Crippen molar-refractivity contribution in [3.63, 3.8) is 0 Å². The largest absolute Gasteiger partial charge is 0.481 e. The lowest BCUT2D eigenvalue weighted by Crippen LogP contribution is -2.33. The summed E-state index contributed by atoms with van der Waals surface area (Å²) in [5.41, 5.74) is 1.88. The molecule has 2 rings (SSSR count). The summed E-state index contributed by atoms with van der Waals surface area (Å²) in [4.78, 5) is 26.1. The lowest BCUT2D eigenvalue weighted by molar-refractivity contribution is -0.137. The molecule has 6 heteroatoms. The lowest BCUT2D eigenvalue weighted by Gasteiger charge is -2.19. The Morgan fingerprint density at radius 1 is 1.24 bits per heavy atom. The van der Waals surface area contributed by atoms with Gasteiger partial charge in [0.2, 0.25) is 0 Å². The molecular weight excluding hydrogens is 270 g/mol. The van der Waals surface area contributed by atoms with E-state index in [1.807, 2.05) is 24.3 Å². The molecule has 0 unspecified atom stereocenters. The fraction of sp³-hybridized carbons (Fsp3) is 0.467. The van der Waals surface area contributed by atoms with Crippen LogP contribution in [-0.2, 0) is 4.79 Å². The van der Waals surface area contributed by atoms with Gasteiger partial charge in [-0.15, -0.1) is 0 Å². The van der Waals surface area contributed by atoms with Crippen LogP contribution < -0.4 is 10.2 Å². The Morgan fingerprint density at radius 2 is 1.86 bits per heavy atom. The molecule has 1 saturated heterocycles. The van der Waals surface area contributed by atoms with Gasteiger partial charge in [-0.25, -0.2) is 4.79 Å². The van der Waals surface area contributed by atoms with Crippen molar-refractivity contribution < 1.29 is 14.7 Å². The number of rotatable bonds is 5. The molecule has 21 heavy (non-hydrogen) atoms. The summed E-state index contributed by atoms with van der Waals surface area (Å²) in [5, 5.41) is 11.4.